The Bertz CT molecular complexity index is 482. The Balaban J connectivity index is 2.22. The maximum atomic E-state index is 11.0. The first-order chi connectivity index (χ1) is 9.54. The molecule has 4 nitrogen and oxygen atoms in total. The molecule has 0 aromatic heterocycles. The third kappa shape index (κ3) is 6.91. The minimum atomic E-state index is -4.15. The highest BCUT2D eigenvalue weighted by molar-refractivity contribution is 7.85. The second kappa shape index (κ2) is 8.97. The first-order valence-corrected chi connectivity index (χ1v) is 8.68. The molecule has 1 aromatic rings. The lowest BCUT2D eigenvalue weighted by Gasteiger charge is -2.07. The molecule has 5 heteroatoms. The van der Waals surface area contributed by atoms with Crippen molar-refractivity contribution < 1.29 is 17.7 Å². The normalized spacial score (nSPS) is 11.5. The zero-order chi connectivity index (χ0) is 14.8. The molecule has 0 radical (unpaired) electrons. The second-order valence-electron chi connectivity index (χ2n) is 4.92. The van der Waals surface area contributed by atoms with Crippen LogP contribution in [0.15, 0.2) is 29.2 Å². The molecule has 1 aromatic carbocycles. The molecule has 0 bridgehead atoms. The number of unbranched alkanes of at least 4 members (excludes halogenated alkanes) is 6. The van der Waals surface area contributed by atoms with Gasteiger partial charge in [0.1, 0.15) is 5.75 Å². The van der Waals surface area contributed by atoms with Gasteiger partial charge in [-0.25, -0.2) is 0 Å². The number of hydrogen-bond donors (Lipinski definition) is 1. The number of ether oxygens (including phenoxy) is 1. The van der Waals surface area contributed by atoms with Crippen LogP contribution in [0.25, 0.3) is 0 Å². The fourth-order valence-electron chi connectivity index (χ4n) is 1.97. The third-order valence-corrected chi connectivity index (χ3v) is 3.97. The number of rotatable bonds is 10. The Morgan fingerprint density at radius 3 is 2.35 bits per heavy atom. The molecule has 0 amide bonds. The van der Waals surface area contributed by atoms with Crippen LogP contribution in [0.1, 0.15) is 51.9 Å². The molecule has 114 valence electrons. The molecular weight excluding hydrogens is 276 g/mol. The van der Waals surface area contributed by atoms with Crippen molar-refractivity contribution in [1.82, 2.24) is 0 Å². The Hall–Kier alpha value is -1.07. The summed E-state index contributed by atoms with van der Waals surface area (Å²) in [7, 11) is -4.15. The highest BCUT2D eigenvalue weighted by atomic mass is 32.2. The maximum absolute atomic E-state index is 11.0. The molecule has 0 spiro atoms. The molecule has 0 aliphatic carbocycles. The summed E-state index contributed by atoms with van der Waals surface area (Å²) in [5, 5.41) is 0. The fraction of sp³-hybridized carbons (Fsp3) is 0.600. The highest BCUT2D eigenvalue weighted by Gasteiger charge is 2.09. The van der Waals surface area contributed by atoms with Gasteiger partial charge in [-0.05, 0) is 18.6 Å². The summed E-state index contributed by atoms with van der Waals surface area (Å²) in [4.78, 5) is -0.130. The second-order valence-corrected chi connectivity index (χ2v) is 6.34. The van der Waals surface area contributed by atoms with E-state index < -0.39 is 10.1 Å². The lowest BCUT2D eigenvalue weighted by atomic mass is 10.1. The molecule has 0 fully saturated rings. The van der Waals surface area contributed by atoms with E-state index in [-0.39, 0.29) is 4.90 Å². The molecule has 0 heterocycles. The SMILES string of the molecule is CCCCCCCCCOc1cccc(S(=O)(=O)O)c1. The van der Waals surface area contributed by atoms with Gasteiger partial charge in [0.05, 0.1) is 11.5 Å². The van der Waals surface area contributed by atoms with Crippen LogP contribution in [0.4, 0.5) is 0 Å². The van der Waals surface area contributed by atoms with Crippen molar-refractivity contribution in [2.24, 2.45) is 0 Å². The van der Waals surface area contributed by atoms with E-state index in [0.29, 0.717) is 12.4 Å². The summed E-state index contributed by atoms with van der Waals surface area (Å²) < 4.78 is 36.4. The van der Waals surface area contributed by atoms with E-state index in [4.69, 9.17) is 9.29 Å². The Labute approximate surface area is 121 Å². The van der Waals surface area contributed by atoms with Crippen molar-refractivity contribution in [3.8, 4) is 5.75 Å². The monoisotopic (exact) mass is 300 g/mol. The fourth-order valence-corrected chi connectivity index (χ4v) is 2.49. The van der Waals surface area contributed by atoms with Crippen molar-refractivity contribution in [3.05, 3.63) is 24.3 Å². The van der Waals surface area contributed by atoms with Crippen LogP contribution in [0.3, 0.4) is 0 Å². The summed E-state index contributed by atoms with van der Waals surface area (Å²) in [6.45, 7) is 2.78. The van der Waals surface area contributed by atoms with Crippen molar-refractivity contribution >= 4 is 10.1 Å². The topological polar surface area (TPSA) is 63.6 Å². The van der Waals surface area contributed by atoms with Gasteiger partial charge in [-0.1, -0.05) is 51.5 Å². The average Bonchev–Trinajstić information content (AvgIpc) is 2.41. The minimum Gasteiger partial charge on any atom is -0.494 e. The van der Waals surface area contributed by atoms with Crippen LogP contribution in [0.2, 0.25) is 0 Å². The van der Waals surface area contributed by atoms with Gasteiger partial charge in [0.2, 0.25) is 0 Å². The average molecular weight is 300 g/mol. The molecule has 20 heavy (non-hydrogen) atoms. The summed E-state index contributed by atoms with van der Waals surface area (Å²) in [5.74, 6) is 0.478. The van der Waals surface area contributed by atoms with Crippen LogP contribution in [0, 0.1) is 0 Å². The van der Waals surface area contributed by atoms with E-state index in [1.54, 1.807) is 12.1 Å². The van der Waals surface area contributed by atoms with E-state index in [2.05, 4.69) is 6.92 Å². The summed E-state index contributed by atoms with van der Waals surface area (Å²) in [6, 6.07) is 5.94. The predicted molar refractivity (Wildman–Crippen MR) is 79.7 cm³/mol. The van der Waals surface area contributed by atoms with Crippen LogP contribution in [-0.4, -0.2) is 19.6 Å². The zero-order valence-corrected chi connectivity index (χ0v) is 12.9. The lowest BCUT2D eigenvalue weighted by Crippen LogP contribution is -2.01. The van der Waals surface area contributed by atoms with Gasteiger partial charge in [0.25, 0.3) is 10.1 Å². The molecular formula is C15H24O4S. The molecule has 0 atom stereocenters. The molecule has 0 unspecified atom stereocenters. The molecule has 0 saturated carbocycles. The Kier molecular flexibility index (Phi) is 7.62. The molecule has 0 aliphatic heterocycles. The first kappa shape index (κ1) is 17.0. The van der Waals surface area contributed by atoms with Crippen molar-refractivity contribution in [2.75, 3.05) is 6.61 Å². The molecule has 1 N–H and O–H groups in total. The van der Waals surface area contributed by atoms with Crippen LogP contribution in [0.5, 0.6) is 5.75 Å². The van der Waals surface area contributed by atoms with Gasteiger partial charge in [0.15, 0.2) is 0 Å². The molecule has 1 rings (SSSR count). The molecule has 0 aliphatic rings. The standard InChI is InChI=1S/C15H24O4S/c1-2-3-4-5-6-7-8-12-19-14-10-9-11-15(13-14)20(16,17)18/h9-11,13H,2-8,12H2,1H3,(H,16,17,18). The predicted octanol–water partition coefficient (Wildman–Crippen LogP) is 4.06. The van der Waals surface area contributed by atoms with Crippen LogP contribution >= 0.6 is 0 Å². The van der Waals surface area contributed by atoms with Crippen molar-refractivity contribution in [3.63, 3.8) is 0 Å². The summed E-state index contributed by atoms with van der Waals surface area (Å²) >= 11 is 0. The third-order valence-electron chi connectivity index (χ3n) is 3.12. The van der Waals surface area contributed by atoms with Crippen molar-refractivity contribution in [1.29, 1.82) is 0 Å². The Morgan fingerprint density at radius 1 is 1.05 bits per heavy atom. The van der Waals surface area contributed by atoms with E-state index in [0.717, 1.165) is 12.8 Å². The van der Waals surface area contributed by atoms with Gasteiger partial charge >= 0.3 is 0 Å². The lowest BCUT2D eigenvalue weighted by molar-refractivity contribution is 0.303. The summed E-state index contributed by atoms with van der Waals surface area (Å²) in [5.41, 5.74) is 0. The van der Waals surface area contributed by atoms with Gasteiger partial charge in [-0.15, -0.1) is 0 Å². The first-order valence-electron chi connectivity index (χ1n) is 7.24. The summed E-state index contributed by atoms with van der Waals surface area (Å²) in [6.07, 6.45) is 8.43. The van der Waals surface area contributed by atoms with E-state index in [9.17, 15) is 8.42 Å². The van der Waals surface area contributed by atoms with Crippen molar-refractivity contribution in [2.45, 2.75) is 56.8 Å². The highest BCUT2D eigenvalue weighted by Crippen LogP contribution is 2.17. The maximum Gasteiger partial charge on any atom is 0.294 e. The number of benzene rings is 1. The quantitative estimate of drug-likeness (QED) is 0.523. The largest absolute Gasteiger partial charge is 0.494 e. The van der Waals surface area contributed by atoms with Gasteiger partial charge in [-0.3, -0.25) is 4.55 Å². The number of hydrogen-bond acceptors (Lipinski definition) is 3. The zero-order valence-electron chi connectivity index (χ0n) is 12.0. The Morgan fingerprint density at radius 2 is 1.70 bits per heavy atom. The van der Waals surface area contributed by atoms with Crippen LogP contribution in [-0.2, 0) is 10.1 Å². The van der Waals surface area contributed by atoms with E-state index in [1.807, 2.05) is 0 Å². The van der Waals surface area contributed by atoms with E-state index in [1.165, 1.54) is 44.2 Å². The van der Waals surface area contributed by atoms with Gasteiger partial charge in [-0.2, -0.15) is 8.42 Å². The van der Waals surface area contributed by atoms with E-state index >= 15 is 0 Å². The smallest absolute Gasteiger partial charge is 0.294 e. The molecule has 0 saturated heterocycles. The minimum absolute atomic E-state index is 0.130. The van der Waals surface area contributed by atoms with Gasteiger partial charge in [0, 0.05) is 6.07 Å². The van der Waals surface area contributed by atoms with Gasteiger partial charge < -0.3 is 4.74 Å². The van der Waals surface area contributed by atoms with Crippen LogP contribution < -0.4 is 4.74 Å².